The number of ether oxygens (including phenoxy) is 1. The van der Waals surface area contributed by atoms with Gasteiger partial charge in [-0.15, -0.1) is 0 Å². The van der Waals surface area contributed by atoms with Crippen LogP contribution in [0.4, 0.5) is 15.8 Å². The predicted octanol–water partition coefficient (Wildman–Crippen LogP) is 4.00. The van der Waals surface area contributed by atoms with Gasteiger partial charge in [0.1, 0.15) is 12.4 Å². The zero-order chi connectivity index (χ0) is 19.0. The van der Waals surface area contributed by atoms with Gasteiger partial charge in [0, 0.05) is 35.7 Å². The highest BCUT2D eigenvalue weighted by Crippen LogP contribution is 2.38. The van der Waals surface area contributed by atoms with Crippen molar-refractivity contribution in [3.8, 4) is 17.0 Å². The number of nitrogen functional groups attached to an aromatic ring is 1. The van der Waals surface area contributed by atoms with Crippen LogP contribution in [0, 0.1) is 0 Å². The van der Waals surface area contributed by atoms with Gasteiger partial charge in [-0.25, -0.2) is 4.39 Å². The summed E-state index contributed by atoms with van der Waals surface area (Å²) in [6.07, 6.45) is 1.49. The smallest absolute Gasteiger partial charge is 0.227 e. The minimum atomic E-state index is -0.492. The highest BCUT2D eigenvalue weighted by atomic mass is 19.1. The first-order chi connectivity index (χ1) is 13.1. The maximum atomic E-state index is 13.3. The first-order valence-corrected chi connectivity index (χ1v) is 9.06. The van der Waals surface area contributed by atoms with Crippen molar-refractivity contribution < 1.29 is 13.9 Å². The molecule has 1 aliphatic heterocycles. The third-order valence-corrected chi connectivity index (χ3v) is 5.14. The maximum Gasteiger partial charge on any atom is 0.227 e. The zero-order valence-corrected chi connectivity index (χ0v) is 15.2. The second-order valence-electron chi connectivity index (χ2n) is 6.68. The number of hydrogen-bond acceptors (Lipinski definition) is 3. The number of hydrogen-bond donors (Lipinski definition) is 1. The summed E-state index contributed by atoms with van der Waals surface area (Å²) in [5, 5.41) is 0.873. The molecule has 1 aromatic heterocycles. The molecule has 3 aromatic rings. The fraction of sp³-hybridized carbons (Fsp3) is 0.286. The van der Waals surface area contributed by atoms with Crippen LogP contribution in [0.2, 0.25) is 0 Å². The monoisotopic (exact) mass is 367 g/mol. The molecule has 27 heavy (non-hydrogen) atoms. The Hall–Kier alpha value is -3.02. The third kappa shape index (κ3) is 2.91. The van der Waals surface area contributed by atoms with Gasteiger partial charge >= 0.3 is 0 Å². The molecule has 0 saturated carbocycles. The topological polar surface area (TPSA) is 60.5 Å². The molecule has 2 heterocycles. The molecule has 1 amide bonds. The fourth-order valence-corrected chi connectivity index (χ4v) is 3.83. The molecular weight excluding hydrogens is 345 g/mol. The number of amides is 1. The number of aromatic nitrogens is 1. The number of nitrogens with zero attached hydrogens (tertiary/aromatic N) is 2. The van der Waals surface area contributed by atoms with Crippen molar-refractivity contribution in [1.82, 2.24) is 4.57 Å². The Labute approximate surface area is 157 Å². The third-order valence-electron chi connectivity index (χ3n) is 5.14. The predicted molar refractivity (Wildman–Crippen MR) is 106 cm³/mol. The quantitative estimate of drug-likeness (QED) is 0.742. The van der Waals surface area contributed by atoms with Gasteiger partial charge in [0.15, 0.2) is 0 Å². The van der Waals surface area contributed by atoms with Crippen LogP contribution in [0.3, 0.4) is 0 Å². The summed E-state index contributed by atoms with van der Waals surface area (Å²) in [6, 6.07) is 13.4. The molecule has 2 N–H and O–H groups in total. The molecule has 1 saturated heterocycles. The lowest BCUT2D eigenvalue weighted by molar-refractivity contribution is -0.117. The van der Waals surface area contributed by atoms with Crippen LogP contribution in [0.1, 0.15) is 12.8 Å². The maximum absolute atomic E-state index is 13.3. The van der Waals surface area contributed by atoms with E-state index in [2.05, 4.69) is 0 Å². The van der Waals surface area contributed by atoms with Crippen LogP contribution in [-0.2, 0) is 11.3 Å². The minimum Gasteiger partial charge on any atom is -0.497 e. The molecule has 0 bridgehead atoms. The summed E-state index contributed by atoms with van der Waals surface area (Å²) >= 11 is 0. The van der Waals surface area contributed by atoms with Crippen LogP contribution in [-0.4, -0.2) is 30.8 Å². The van der Waals surface area contributed by atoms with E-state index < -0.39 is 6.67 Å². The molecule has 0 spiro atoms. The van der Waals surface area contributed by atoms with Crippen molar-refractivity contribution in [3.63, 3.8) is 0 Å². The van der Waals surface area contributed by atoms with E-state index in [1.807, 2.05) is 47.0 Å². The summed E-state index contributed by atoms with van der Waals surface area (Å²) < 4.78 is 20.5. The highest BCUT2D eigenvalue weighted by molar-refractivity contribution is 6.02. The summed E-state index contributed by atoms with van der Waals surface area (Å²) in [4.78, 5) is 13.7. The van der Waals surface area contributed by atoms with Crippen molar-refractivity contribution in [3.05, 3.63) is 42.5 Å². The fourth-order valence-electron chi connectivity index (χ4n) is 3.83. The number of fused-ring (bicyclic) bond motifs is 1. The average molecular weight is 367 g/mol. The van der Waals surface area contributed by atoms with Crippen LogP contribution >= 0.6 is 0 Å². The molecule has 1 aliphatic rings. The lowest BCUT2D eigenvalue weighted by Crippen LogP contribution is -2.23. The Kier molecular flexibility index (Phi) is 4.48. The van der Waals surface area contributed by atoms with Gasteiger partial charge in [-0.05, 0) is 30.7 Å². The number of anilines is 2. The van der Waals surface area contributed by atoms with E-state index in [9.17, 15) is 9.18 Å². The van der Waals surface area contributed by atoms with E-state index in [1.54, 1.807) is 12.0 Å². The van der Waals surface area contributed by atoms with E-state index in [1.165, 1.54) is 0 Å². The van der Waals surface area contributed by atoms with Crippen molar-refractivity contribution in [1.29, 1.82) is 0 Å². The molecular formula is C21H22FN3O2. The molecule has 0 unspecified atom stereocenters. The number of aryl methyl sites for hydroxylation is 1. The van der Waals surface area contributed by atoms with Gasteiger partial charge in [-0.3, -0.25) is 4.79 Å². The van der Waals surface area contributed by atoms with E-state index in [0.29, 0.717) is 17.9 Å². The van der Waals surface area contributed by atoms with E-state index in [-0.39, 0.29) is 12.5 Å². The molecule has 0 atom stereocenters. The van der Waals surface area contributed by atoms with Crippen LogP contribution < -0.4 is 15.4 Å². The second-order valence-corrected chi connectivity index (χ2v) is 6.68. The average Bonchev–Trinajstić information content (AvgIpc) is 3.24. The van der Waals surface area contributed by atoms with Crippen LogP contribution in [0.15, 0.2) is 42.5 Å². The number of nitrogens with two attached hydrogens (primary N) is 1. The Bertz CT molecular complexity index is 995. The van der Waals surface area contributed by atoms with Crippen LogP contribution in [0.25, 0.3) is 22.2 Å². The van der Waals surface area contributed by atoms with Gasteiger partial charge in [-0.1, -0.05) is 12.1 Å². The molecule has 140 valence electrons. The summed E-state index contributed by atoms with van der Waals surface area (Å²) in [5.74, 6) is 0.857. The number of carbonyl (C=O) groups is 1. The Morgan fingerprint density at radius 3 is 2.59 bits per heavy atom. The van der Waals surface area contributed by atoms with Crippen molar-refractivity contribution in [2.45, 2.75) is 19.4 Å². The number of alkyl halides is 1. The van der Waals surface area contributed by atoms with Gasteiger partial charge in [0.25, 0.3) is 0 Å². The van der Waals surface area contributed by atoms with Gasteiger partial charge in [-0.2, -0.15) is 0 Å². The molecule has 6 heteroatoms. The summed E-state index contributed by atoms with van der Waals surface area (Å²) in [6.45, 7) is 0.471. The first-order valence-electron chi connectivity index (χ1n) is 9.06. The first kappa shape index (κ1) is 17.4. The Balaban J connectivity index is 1.81. The van der Waals surface area contributed by atoms with E-state index in [4.69, 9.17) is 10.5 Å². The Morgan fingerprint density at radius 2 is 1.96 bits per heavy atom. The number of methoxy groups -OCH3 is 1. The molecule has 5 nitrogen and oxygen atoms in total. The molecule has 2 aromatic carbocycles. The number of rotatable bonds is 5. The van der Waals surface area contributed by atoms with Gasteiger partial charge in [0.2, 0.25) is 5.91 Å². The van der Waals surface area contributed by atoms with Crippen molar-refractivity contribution in [2.24, 2.45) is 0 Å². The summed E-state index contributed by atoms with van der Waals surface area (Å²) in [7, 11) is 1.60. The number of carbonyl (C=O) groups excluding carboxylic acids is 1. The molecule has 1 fully saturated rings. The lowest BCUT2D eigenvalue weighted by atomic mass is 10.1. The zero-order valence-electron chi connectivity index (χ0n) is 15.2. The minimum absolute atomic E-state index is 0.154. The van der Waals surface area contributed by atoms with E-state index >= 15 is 0 Å². The molecule has 0 aliphatic carbocycles. The normalized spacial score (nSPS) is 14.3. The highest BCUT2D eigenvalue weighted by Gasteiger charge is 2.22. The molecule has 0 radical (unpaired) electrons. The summed E-state index contributed by atoms with van der Waals surface area (Å²) in [5.41, 5.74) is 10.5. The van der Waals surface area contributed by atoms with Crippen molar-refractivity contribution in [2.75, 3.05) is 31.0 Å². The van der Waals surface area contributed by atoms with Gasteiger partial charge in [0.05, 0.1) is 30.6 Å². The van der Waals surface area contributed by atoms with Gasteiger partial charge < -0.3 is 19.9 Å². The largest absolute Gasteiger partial charge is 0.497 e. The second kappa shape index (κ2) is 6.95. The molecule has 4 rings (SSSR count). The van der Waals surface area contributed by atoms with Crippen LogP contribution in [0.5, 0.6) is 5.75 Å². The number of halogens is 1. The standard InChI is InChI=1S/C21H22FN3O2/c1-27-16-8-9-17-18(13-16)25(12-10-22)21(20(17)23)14-4-6-15(7-5-14)24-11-2-3-19(24)26/h4-9,13H,2-3,10-12,23H2,1H3. The van der Waals surface area contributed by atoms with E-state index in [0.717, 1.165) is 40.8 Å². The SMILES string of the molecule is COc1ccc2c(N)c(-c3ccc(N4CCCC4=O)cc3)n(CCF)c2c1. The number of benzene rings is 2. The Morgan fingerprint density at radius 1 is 1.19 bits per heavy atom. The lowest BCUT2D eigenvalue weighted by Gasteiger charge is -2.16. The van der Waals surface area contributed by atoms with Crippen molar-refractivity contribution >= 4 is 28.2 Å².